The summed E-state index contributed by atoms with van der Waals surface area (Å²) in [6, 6.07) is 2.16. The monoisotopic (exact) mass is 292 g/mol. The molecule has 2 amide bonds. The van der Waals surface area contributed by atoms with Crippen LogP contribution in [0.2, 0.25) is 0 Å². The molecular formula is C15H24N4O2. The van der Waals surface area contributed by atoms with Gasteiger partial charge in [0.25, 0.3) is 0 Å². The van der Waals surface area contributed by atoms with Crippen LogP contribution < -0.4 is 0 Å². The van der Waals surface area contributed by atoms with Crippen LogP contribution in [-0.2, 0) is 9.59 Å². The maximum atomic E-state index is 12.5. The van der Waals surface area contributed by atoms with Gasteiger partial charge in [-0.1, -0.05) is 0 Å². The van der Waals surface area contributed by atoms with Gasteiger partial charge in [0, 0.05) is 52.0 Å². The number of rotatable bonds is 3. The fraction of sp³-hybridized carbons (Fsp3) is 0.800. The van der Waals surface area contributed by atoms with Crippen molar-refractivity contribution in [1.29, 1.82) is 5.26 Å². The Kier molecular flexibility index (Phi) is 5.57. The van der Waals surface area contributed by atoms with E-state index in [2.05, 4.69) is 11.0 Å². The van der Waals surface area contributed by atoms with Crippen molar-refractivity contribution in [1.82, 2.24) is 14.7 Å². The van der Waals surface area contributed by atoms with Crippen molar-refractivity contribution in [3.63, 3.8) is 0 Å². The van der Waals surface area contributed by atoms with Crippen molar-refractivity contribution >= 4 is 11.8 Å². The molecule has 0 unspecified atom stereocenters. The third kappa shape index (κ3) is 4.18. The SMILES string of the molecule is CC(=O)N1CCN(C(=O)C2CCN(CCC#N)CC2)CC1. The molecule has 0 saturated carbocycles. The number of likely N-dealkylation sites (tertiary alicyclic amines) is 1. The van der Waals surface area contributed by atoms with Crippen LogP contribution in [0.5, 0.6) is 0 Å². The van der Waals surface area contributed by atoms with Crippen LogP contribution in [-0.4, -0.2) is 72.3 Å². The van der Waals surface area contributed by atoms with Gasteiger partial charge in [0.2, 0.25) is 11.8 Å². The Labute approximate surface area is 126 Å². The van der Waals surface area contributed by atoms with E-state index in [1.165, 1.54) is 0 Å². The van der Waals surface area contributed by atoms with Gasteiger partial charge < -0.3 is 14.7 Å². The molecule has 0 aromatic carbocycles. The first kappa shape index (κ1) is 15.8. The van der Waals surface area contributed by atoms with E-state index in [0.29, 0.717) is 32.6 Å². The molecule has 6 nitrogen and oxygen atoms in total. The second-order valence-corrected chi connectivity index (χ2v) is 5.86. The van der Waals surface area contributed by atoms with Gasteiger partial charge in [0.1, 0.15) is 0 Å². The van der Waals surface area contributed by atoms with Crippen LogP contribution in [0.1, 0.15) is 26.2 Å². The minimum Gasteiger partial charge on any atom is -0.339 e. The summed E-state index contributed by atoms with van der Waals surface area (Å²) in [4.78, 5) is 29.8. The Morgan fingerprint density at radius 3 is 2.14 bits per heavy atom. The molecule has 2 rings (SSSR count). The van der Waals surface area contributed by atoms with Crippen LogP contribution in [0, 0.1) is 17.2 Å². The van der Waals surface area contributed by atoms with Crippen LogP contribution >= 0.6 is 0 Å². The predicted octanol–water partition coefficient (Wildman–Crippen LogP) is 0.303. The van der Waals surface area contributed by atoms with E-state index in [0.717, 1.165) is 32.5 Å². The van der Waals surface area contributed by atoms with E-state index in [1.54, 1.807) is 11.8 Å². The lowest BCUT2D eigenvalue weighted by Gasteiger charge is -2.38. The third-order valence-corrected chi connectivity index (χ3v) is 4.51. The number of nitriles is 1. The Hall–Kier alpha value is -1.61. The van der Waals surface area contributed by atoms with E-state index in [1.807, 2.05) is 4.90 Å². The summed E-state index contributed by atoms with van der Waals surface area (Å²) >= 11 is 0. The topological polar surface area (TPSA) is 67.7 Å². The minimum absolute atomic E-state index is 0.0906. The molecule has 2 saturated heterocycles. The molecule has 0 N–H and O–H groups in total. The average molecular weight is 292 g/mol. The molecule has 0 spiro atoms. The van der Waals surface area contributed by atoms with Gasteiger partial charge in [0.05, 0.1) is 6.07 Å². The second kappa shape index (κ2) is 7.41. The lowest BCUT2D eigenvalue weighted by molar-refractivity contribution is -0.142. The van der Waals surface area contributed by atoms with Gasteiger partial charge in [-0.3, -0.25) is 9.59 Å². The van der Waals surface area contributed by atoms with Crippen LogP contribution in [0.25, 0.3) is 0 Å². The number of hydrogen-bond acceptors (Lipinski definition) is 4. The molecule has 2 aliphatic rings. The summed E-state index contributed by atoms with van der Waals surface area (Å²) in [6.45, 7) is 6.84. The molecule has 116 valence electrons. The molecule has 2 fully saturated rings. The van der Waals surface area contributed by atoms with E-state index < -0.39 is 0 Å². The maximum absolute atomic E-state index is 12.5. The first-order valence-corrected chi connectivity index (χ1v) is 7.75. The normalized spacial score (nSPS) is 21.1. The number of nitrogens with zero attached hydrogens (tertiary/aromatic N) is 4. The van der Waals surface area contributed by atoms with Gasteiger partial charge in [-0.15, -0.1) is 0 Å². The Morgan fingerprint density at radius 1 is 1.05 bits per heavy atom. The van der Waals surface area contributed by atoms with E-state index >= 15 is 0 Å². The van der Waals surface area contributed by atoms with Crippen molar-refractivity contribution in [2.75, 3.05) is 45.8 Å². The largest absolute Gasteiger partial charge is 0.339 e. The zero-order valence-corrected chi connectivity index (χ0v) is 12.8. The highest BCUT2D eigenvalue weighted by molar-refractivity contribution is 5.79. The maximum Gasteiger partial charge on any atom is 0.225 e. The molecule has 0 aliphatic carbocycles. The van der Waals surface area contributed by atoms with Gasteiger partial charge in [-0.05, 0) is 25.9 Å². The van der Waals surface area contributed by atoms with E-state index in [4.69, 9.17) is 5.26 Å². The third-order valence-electron chi connectivity index (χ3n) is 4.51. The summed E-state index contributed by atoms with van der Waals surface area (Å²) < 4.78 is 0. The average Bonchev–Trinajstić information content (AvgIpc) is 2.53. The van der Waals surface area contributed by atoms with E-state index in [9.17, 15) is 9.59 Å². The predicted molar refractivity (Wildman–Crippen MR) is 78.2 cm³/mol. The standard InChI is InChI=1S/C15H24N4O2/c1-13(20)18-9-11-19(12-10-18)15(21)14-3-7-17(8-4-14)6-2-5-16/h14H,2-4,6-12H2,1H3. The molecule has 0 aromatic rings. The molecule has 0 atom stereocenters. The highest BCUT2D eigenvalue weighted by Crippen LogP contribution is 2.20. The number of carbonyl (C=O) groups is 2. The quantitative estimate of drug-likeness (QED) is 0.750. The fourth-order valence-corrected chi connectivity index (χ4v) is 3.11. The molecular weight excluding hydrogens is 268 g/mol. The molecule has 2 heterocycles. The highest BCUT2D eigenvalue weighted by atomic mass is 16.2. The Balaban J connectivity index is 1.75. The molecule has 0 bridgehead atoms. The lowest BCUT2D eigenvalue weighted by Crippen LogP contribution is -2.52. The number of hydrogen-bond donors (Lipinski definition) is 0. The number of piperazine rings is 1. The van der Waals surface area contributed by atoms with Gasteiger partial charge in [-0.25, -0.2) is 0 Å². The van der Waals surface area contributed by atoms with Crippen molar-refractivity contribution in [2.24, 2.45) is 5.92 Å². The Morgan fingerprint density at radius 2 is 1.62 bits per heavy atom. The second-order valence-electron chi connectivity index (χ2n) is 5.86. The summed E-state index contributed by atoms with van der Waals surface area (Å²) in [5, 5.41) is 8.60. The first-order chi connectivity index (χ1) is 10.1. The summed E-state index contributed by atoms with van der Waals surface area (Å²) in [7, 11) is 0. The molecule has 2 aliphatic heterocycles. The van der Waals surface area contributed by atoms with Gasteiger partial charge >= 0.3 is 0 Å². The fourth-order valence-electron chi connectivity index (χ4n) is 3.11. The van der Waals surface area contributed by atoms with Crippen LogP contribution in [0.15, 0.2) is 0 Å². The number of carbonyl (C=O) groups excluding carboxylic acids is 2. The molecule has 21 heavy (non-hydrogen) atoms. The Bertz CT molecular complexity index is 416. The molecule has 0 aromatic heterocycles. The zero-order chi connectivity index (χ0) is 15.2. The van der Waals surface area contributed by atoms with Crippen LogP contribution in [0.3, 0.4) is 0 Å². The summed E-state index contributed by atoms with van der Waals surface area (Å²) in [5.74, 6) is 0.457. The molecule has 6 heteroatoms. The highest BCUT2D eigenvalue weighted by Gasteiger charge is 2.30. The summed E-state index contributed by atoms with van der Waals surface area (Å²) in [5.41, 5.74) is 0. The smallest absolute Gasteiger partial charge is 0.225 e. The van der Waals surface area contributed by atoms with Crippen molar-refractivity contribution in [3.05, 3.63) is 0 Å². The number of piperidine rings is 1. The zero-order valence-electron chi connectivity index (χ0n) is 12.8. The van der Waals surface area contributed by atoms with Crippen molar-refractivity contribution < 1.29 is 9.59 Å². The van der Waals surface area contributed by atoms with Gasteiger partial charge in [-0.2, -0.15) is 5.26 Å². The van der Waals surface area contributed by atoms with Gasteiger partial charge in [0.15, 0.2) is 0 Å². The van der Waals surface area contributed by atoms with Crippen molar-refractivity contribution in [3.8, 4) is 6.07 Å². The first-order valence-electron chi connectivity index (χ1n) is 7.75. The van der Waals surface area contributed by atoms with Crippen LogP contribution in [0.4, 0.5) is 0 Å². The molecule has 0 radical (unpaired) electrons. The number of amides is 2. The lowest BCUT2D eigenvalue weighted by atomic mass is 9.95. The van der Waals surface area contributed by atoms with E-state index in [-0.39, 0.29) is 17.7 Å². The minimum atomic E-state index is 0.0906. The summed E-state index contributed by atoms with van der Waals surface area (Å²) in [6.07, 6.45) is 2.33. The van der Waals surface area contributed by atoms with Crippen molar-refractivity contribution in [2.45, 2.75) is 26.2 Å².